The summed E-state index contributed by atoms with van der Waals surface area (Å²) >= 11 is 0. The third-order valence-corrected chi connectivity index (χ3v) is 6.43. The monoisotopic (exact) mass is 458 g/mol. The van der Waals surface area contributed by atoms with Crippen LogP contribution in [0.5, 0.6) is 5.75 Å². The van der Waals surface area contributed by atoms with Crippen molar-refractivity contribution in [2.45, 2.75) is 19.3 Å². The molecule has 0 radical (unpaired) electrons. The van der Waals surface area contributed by atoms with E-state index >= 15 is 0 Å². The van der Waals surface area contributed by atoms with Gasteiger partial charge in [-0.2, -0.15) is 0 Å². The number of nitrogens with zero attached hydrogens (tertiary/aromatic N) is 2. The number of carbonyl (C=O) groups is 2. The first-order valence-corrected chi connectivity index (χ1v) is 11.2. The minimum Gasteiger partial charge on any atom is -0.493 e. The Labute approximate surface area is 192 Å². The van der Waals surface area contributed by atoms with Crippen molar-refractivity contribution in [2.24, 2.45) is 5.41 Å². The Morgan fingerprint density at radius 1 is 0.909 bits per heavy atom. The molecule has 2 aliphatic rings. The van der Waals surface area contributed by atoms with Crippen molar-refractivity contribution in [1.29, 1.82) is 0 Å². The van der Waals surface area contributed by atoms with Gasteiger partial charge >= 0.3 is 0 Å². The van der Waals surface area contributed by atoms with Crippen molar-refractivity contribution in [3.8, 4) is 5.75 Å². The van der Waals surface area contributed by atoms with Crippen LogP contribution in [0.3, 0.4) is 0 Å². The number of morpholine rings is 1. The largest absolute Gasteiger partial charge is 0.493 e. The number of ether oxygens (including phenoxy) is 2. The van der Waals surface area contributed by atoms with E-state index in [0.29, 0.717) is 70.0 Å². The van der Waals surface area contributed by atoms with Crippen molar-refractivity contribution < 1.29 is 27.8 Å². The highest BCUT2D eigenvalue weighted by atomic mass is 19.1. The molecule has 2 heterocycles. The molecule has 6 nitrogen and oxygen atoms in total. The number of hydrogen-bond acceptors (Lipinski definition) is 4. The van der Waals surface area contributed by atoms with Gasteiger partial charge in [-0.05, 0) is 55.3 Å². The van der Waals surface area contributed by atoms with Crippen LogP contribution >= 0.6 is 0 Å². The highest BCUT2D eigenvalue weighted by Gasteiger charge is 2.40. The first-order valence-electron chi connectivity index (χ1n) is 11.2. The van der Waals surface area contributed by atoms with Crippen molar-refractivity contribution in [3.63, 3.8) is 0 Å². The third kappa shape index (κ3) is 5.87. The molecule has 4 rings (SSSR count). The summed E-state index contributed by atoms with van der Waals surface area (Å²) in [4.78, 5) is 29.4. The Kier molecular flexibility index (Phi) is 7.23. The highest BCUT2D eigenvalue weighted by Crippen LogP contribution is 2.37. The molecular formula is C25H28F2N2O4. The third-order valence-electron chi connectivity index (χ3n) is 6.43. The highest BCUT2D eigenvalue weighted by molar-refractivity contribution is 5.94. The van der Waals surface area contributed by atoms with Crippen LogP contribution in [0.4, 0.5) is 8.78 Å². The molecule has 0 aromatic heterocycles. The fraction of sp³-hybridized carbons (Fsp3) is 0.440. The molecule has 2 fully saturated rings. The summed E-state index contributed by atoms with van der Waals surface area (Å²) in [7, 11) is 0. The Morgan fingerprint density at radius 2 is 1.61 bits per heavy atom. The van der Waals surface area contributed by atoms with Crippen molar-refractivity contribution in [2.75, 3.05) is 46.0 Å². The van der Waals surface area contributed by atoms with E-state index in [9.17, 15) is 18.4 Å². The van der Waals surface area contributed by atoms with Gasteiger partial charge in [-0.3, -0.25) is 9.59 Å². The van der Waals surface area contributed by atoms with Crippen molar-refractivity contribution in [3.05, 3.63) is 65.7 Å². The molecule has 2 aromatic rings. The van der Waals surface area contributed by atoms with Gasteiger partial charge in [0.25, 0.3) is 5.91 Å². The Bertz CT molecular complexity index is 969. The second kappa shape index (κ2) is 10.3. The van der Waals surface area contributed by atoms with Crippen LogP contribution in [0.2, 0.25) is 0 Å². The molecule has 33 heavy (non-hydrogen) atoms. The normalized spacial score (nSPS) is 18.1. The molecule has 176 valence electrons. The van der Waals surface area contributed by atoms with Crippen LogP contribution in [0, 0.1) is 17.0 Å². The molecule has 0 N–H and O–H groups in total. The van der Waals surface area contributed by atoms with E-state index in [1.165, 1.54) is 30.3 Å². The maximum atomic E-state index is 13.6. The molecule has 2 saturated heterocycles. The number of likely N-dealkylation sites (tertiary alicyclic amines) is 1. The zero-order valence-electron chi connectivity index (χ0n) is 18.5. The van der Waals surface area contributed by atoms with E-state index in [0.717, 1.165) is 0 Å². The molecule has 0 bridgehead atoms. The number of carbonyl (C=O) groups excluding carboxylic acids is 2. The van der Waals surface area contributed by atoms with Gasteiger partial charge in [-0.15, -0.1) is 0 Å². The van der Waals surface area contributed by atoms with Crippen LogP contribution < -0.4 is 4.74 Å². The van der Waals surface area contributed by atoms with Gasteiger partial charge in [-0.25, -0.2) is 8.78 Å². The fourth-order valence-corrected chi connectivity index (χ4v) is 4.37. The maximum Gasteiger partial charge on any atom is 0.253 e. The van der Waals surface area contributed by atoms with Gasteiger partial charge in [0.15, 0.2) is 0 Å². The number of hydrogen-bond donors (Lipinski definition) is 0. The summed E-state index contributed by atoms with van der Waals surface area (Å²) in [5.74, 6) is -0.430. The molecule has 0 spiro atoms. The Balaban J connectivity index is 1.45. The van der Waals surface area contributed by atoms with E-state index in [2.05, 4.69) is 0 Å². The van der Waals surface area contributed by atoms with Gasteiger partial charge in [0, 0.05) is 43.6 Å². The van der Waals surface area contributed by atoms with Gasteiger partial charge in [0.05, 0.1) is 19.8 Å². The molecular weight excluding hydrogens is 430 g/mol. The van der Waals surface area contributed by atoms with Crippen LogP contribution in [0.25, 0.3) is 0 Å². The molecule has 0 unspecified atom stereocenters. The lowest BCUT2D eigenvalue weighted by Gasteiger charge is -2.42. The molecule has 0 saturated carbocycles. The van der Waals surface area contributed by atoms with E-state index < -0.39 is 11.2 Å². The molecule has 0 atom stereocenters. The number of halogens is 2. The zero-order valence-corrected chi connectivity index (χ0v) is 18.5. The first-order chi connectivity index (χ1) is 15.9. The topological polar surface area (TPSA) is 59.1 Å². The van der Waals surface area contributed by atoms with Gasteiger partial charge in [-0.1, -0.05) is 6.07 Å². The van der Waals surface area contributed by atoms with Crippen LogP contribution in [0.15, 0.2) is 48.5 Å². The lowest BCUT2D eigenvalue weighted by Crippen LogP contribution is -2.49. The zero-order chi connectivity index (χ0) is 23.3. The van der Waals surface area contributed by atoms with Crippen LogP contribution in [0.1, 0.15) is 29.6 Å². The summed E-state index contributed by atoms with van der Waals surface area (Å²) in [6.07, 6.45) is 1.45. The Hall–Kier alpha value is -3.00. The minimum atomic E-state index is -0.456. The summed E-state index contributed by atoms with van der Waals surface area (Å²) in [6.45, 7) is 3.37. The first kappa shape index (κ1) is 23.2. The van der Waals surface area contributed by atoms with Crippen LogP contribution in [-0.4, -0.2) is 67.6 Å². The smallest absolute Gasteiger partial charge is 0.253 e. The quantitative estimate of drug-likeness (QED) is 0.665. The second-order valence-corrected chi connectivity index (χ2v) is 8.72. The average molecular weight is 459 g/mol. The molecule has 2 aromatic carbocycles. The summed E-state index contributed by atoms with van der Waals surface area (Å²) in [5.41, 5.74) is -0.142. The van der Waals surface area contributed by atoms with Gasteiger partial charge in [0.1, 0.15) is 17.4 Å². The molecule has 2 aliphatic heterocycles. The predicted octanol–water partition coefficient (Wildman–Crippen LogP) is 3.52. The minimum absolute atomic E-state index is 0.0471. The standard InChI is InChI=1S/C25H28F2N2O4/c26-20-4-6-22(7-5-20)33-18-25(17-23(30)28-12-14-32-15-13-28)8-10-29(11-9-25)24(31)19-2-1-3-21(27)16-19/h1-7,16H,8-15,17-18H2. The number of piperidine rings is 1. The number of amides is 2. The lowest BCUT2D eigenvalue weighted by atomic mass is 9.75. The summed E-state index contributed by atoms with van der Waals surface area (Å²) < 4.78 is 38.1. The van der Waals surface area contributed by atoms with Crippen LogP contribution in [-0.2, 0) is 9.53 Å². The van der Waals surface area contributed by atoms with E-state index in [4.69, 9.17) is 9.47 Å². The average Bonchev–Trinajstić information content (AvgIpc) is 2.84. The van der Waals surface area contributed by atoms with E-state index in [1.807, 2.05) is 4.90 Å². The SMILES string of the molecule is O=C(CC1(COc2ccc(F)cc2)CCN(C(=O)c2cccc(F)c2)CC1)N1CCOCC1. The number of benzene rings is 2. The van der Waals surface area contributed by atoms with Crippen molar-refractivity contribution in [1.82, 2.24) is 9.80 Å². The molecule has 0 aliphatic carbocycles. The maximum absolute atomic E-state index is 13.6. The van der Waals surface area contributed by atoms with Gasteiger partial charge in [0.2, 0.25) is 5.91 Å². The second-order valence-electron chi connectivity index (χ2n) is 8.72. The number of rotatable bonds is 6. The summed E-state index contributed by atoms with van der Waals surface area (Å²) in [6, 6.07) is 11.5. The predicted molar refractivity (Wildman–Crippen MR) is 118 cm³/mol. The lowest BCUT2D eigenvalue weighted by molar-refractivity contribution is -0.139. The van der Waals surface area contributed by atoms with E-state index in [1.54, 1.807) is 23.1 Å². The Morgan fingerprint density at radius 3 is 2.27 bits per heavy atom. The van der Waals surface area contributed by atoms with E-state index in [-0.39, 0.29) is 24.2 Å². The molecule has 8 heteroatoms. The summed E-state index contributed by atoms with van der Waals surface area (Å²) in [5, 5.41) is 0. The van der Waals surface area contributed by atoms with Crippen molar-refractivity contribution >= 4 is 11.8 Å². The molecule has 2 amide bonds. The van der Waals surface area contributed by atoms with Gasteiger partial charge < -0.3 is 19.3 Å². The fourth-order valence-electron chi connectivity index (χ4n) is 4.37.